The van der Waals surface area contributed by atoms with Crippen LogP contribution in [-0.2, 0) is 0 Å². The zero-order valence-corrected chi connectivity index (χ0v) is 9.06. The van der Waals surface area contributed by atoms with Crippen LogP contribution in [0.15, 0.2) is 18.2 Å². The van der Waals surface area contributed by atoms with Crippen molar-refractivity contribution in [2.45, 2.75) is 6.42 Å². The van der Waals surface area contributed by atoms with Gasteiger partial charge in [-0.1, -0.05) is 6.07 Å². The van der Waals surface area contributed by atoms with Crippen molar-refractivity contribution in [2.24, 2.45) is 0 Å². The summed E-state index contributed by atoms with van der Waals surface area (Å²) >= 11 is 0. The number of carbonyl (C=O) groups excluding carboxylic acids is 1. The minimum Gasteiger partial charge on any atom is -0.504 e. The number of phenols is 1. The summed E-state index contributed by atoms with van der Waals surface area (Å²) in [7, 11) is 1.42. The quantitative estimate of drug-likeness (QED) is 0.638. The van der Waals surface area contributed by atoms with Crippen LogP contribution in [0.2, 0.25) is 0 Å². The summed E-state index contributed by atoms with van der Waals surface area (Å²) in [5.74, 6) is -0.300. The predicted octanol–water partition coefficient (Wildman–Crippen LogP) is 0.513. The number of aliphatic hydroxyl groups excluding tert-OH is 1. The van der Waals surface area contributed by atoms with Crippen molar-refractivity contribution in [3.63, 3.8) is 0 Å². The smallest absolute Gasteiger partial charge is 0.255 e. The molecule has 0 atom stereocenters. The van der Waals surface area contributed by atoms with E-state index in [4.69, 9.17) is 9.84 Å². The lowest BCUT2D eigenvalue weighted by Crippen LogP contribution is -2.25. The van der Waals surface area contributed by atoms with E-state index in [9.17, 15) is 9.90 Å². The Bertz CT molecular complexity index is 365. The lowest BCUT2D eigenvalue weighted by molar-refractivity contribution is 0.0948. The number of hydrogen-bond acceptors (Lipinski definition) is 4. The number of benzene rings is 1. The molecular formula is C11H15NO4. The van der Waals surface area contributed by atoms with Crippen LogP contribution in [0.5, 0.6) is 11.5 Å². The van der Waals surface area contributed by atoms with E-state index in [-0.39, 0.29) is 29.6 Å². The fraction of sp³-hybridized carbons (Fsp3) is 0.364. The van der Waals surface area contributed by atoms with Crippen LogP contribution in [0.4, 0.5) is 0 Å². The van der Waals surface area contributed by atoms with E-state index in [0.29, 0.717) is 13.0 Å². The summed E-state index contributed by atoms with van der Waals surface area (Å²) in [5.41, 5.74) is 0.164. The van der Waals surface area contributed by atoms with E-state index in [1.807, 2.05) is 0 Å². The van der Waals surface area contributed by atoms with Crippen molar-refractivity contribution in [2.75, 3.05) is 20.3 Å². The third-order valence-corrected chi connectivity index (χ3v) is 2.08. The molecule has 1 aromatic carbocycles. The van der Waals surface area contributed by atoms with E-state index in [1.165, 1.54) is 13.2 Å². The Morgan fingerprint density at radius 2 is 2.25 bits per heavy atom. The van der Waals surface area contributed by atoms with Gasteiger partial charge < -0.3 is 20.3 Å². The summed E-state index contributed by atoms with van der Waals surface area (Å²) in [5, 5.41) is 20.8. The number of aromatic hydroxyl groups is 1. The first-order valence-electron chi connectivity index (χ1n) is 4.95. The third-order valence-electron chi connectivity index (χ3n) is 2.08. The van der Waals surface area contributed by atoms with Gasteiger partial charge in [-0.15, -0.1) is 0 Å². The fourth-order valence-electron chi connectivity index (χ4n) is 1.25. The topological polar surface area (TPSA) is 78.8 Å². The first-order chi connectivity index (χ1) is 7.70. The van der Waals surface area contributed by atoms with E-state index in [0.717, 1.165) is 0 Å². The van der Waals surface area contributed by atoms with E-state index in [1.54, 1.807) is 12.1 Å². The number of hydrogen-bond donors (Lipinski definition) is 3. The summed E-state index contributed by atoms with van der Waals surface area (Å²) in [6, 6.07) is 4.70. The van der Waals surface area contributed by atoms with Gasteiger partial charge in [0.05, 0.1) is 12.7 Å². The minimum atomic E-state index is -0.384. The highest BCUT2D eigenvalue weighted by Gasteiger charge is 2.13. The van der Waals surface area contributed by atoms with Gasteiger partial charge in [0.2, 0.25) is 0 Å². The van der Waals surface area contributed by atoms with Gasteiger partial charge in [0.15, 0.2) is 11.5 Å². The predicted molar refractivity (Wildman–Crippen MR) is 58.7 cm³/mol. The molecule has 16 heavy (non-hydrogen) atoms. The molecule has 0 bridgehead atoms. The van der Waals surface area contributed by atoms with Gasteiger partial charge >= 0.3 is 0 Å². The molecule has 0 fully saturated rings. The van der Waals surface area contributed by atoms with Crippen LogP contribution in [-0.4, -0.2) is 36.4 Å². The maximum Gasteiger partial charge on any atom is 0.255 e. The number of nitrogens with one attached hydrogen (secondary N) is 1. The second-order valence-electron chi connectivity index (χ2n) is 3.19. The molecule has 3 N–H and O–H groups in total. The molecular weight excluding hydrogens is 210 g/mol. The second kappa shape index (κ2) is 5.97. The monoisotopic (exact) mass is 225 g/mol. The molecule has 0 aliphatic heterocycles. The SMILES string of the molecule is COc1cccc(C(=O)NCCCO)c1O. The molecule has 0 saturated carbocycles. The summed E-state index contributed by atoms with van der Waals surface area (Å²) in [4.78, 5) is 11.6. The molecule has 1 amide bonds. The van der Waals surface area contributed by atoms with E-state index >= 15 is 0 Å². The van der Waals surface area contributed by atoms with Crippen molar-refractivity contribution in [1.82, 2.24) is 5.32 Å². The van der Waals surface area contributed by atoms with Gasteiger partial charge in [0, 0.05) is 13.2 Å². The van der Waals surface area contributed by atoms with Crippen molar-refractivity contribution in [1.29, 1.82) is 0 Å². The molecule has 5 heteroatoms. The molecule has 88 valence electrons. The third kappa shape index (κ3) is 2.87. The molecule has 0 radical (unpaired) electrons. The molecule has 5 nitrogen and oxygen atoms in total. The number of para-hydroxylation sites is 1. The lowest BCUT2D eigenvalue weighted by Gasteiger charge is -2.08. The van der Waals surface area contributed by atoms with E-state index < -0.39 is 0 Å². The van der Waals surface area contributed by atoms with Crippen LogP contribution < -0.4 is 10.1 Å². The molecule has 1 aromatic rings. The molecule has 0 unspecified atom stereocenters. The van der Waals surface area contributed by atoms with Crippen molar-refractivity contribution >= 4 is 5.91 Å². The highest BCUT2D eigenvalue weighted by Crippen LogP contribution is 2.28. The summed E-state index contributed by atoms with van der Waals surface area (Å²) < 4.78 is 4.89. The maximum absolute atomic E-state index is 11.6. The molecule has 0 spiro atoms. The van der Waals surface area contributed by atoms with Crippen LogP contribution in [0.1, 0.15) is 16.8 Å². The average molecular weight is 225 g/mol. The zero-order chi connectivity index (χ0) is 12.0. The normalized spacial score (nSPS) is 9.88. The Morgan fingerprint density at radius 1 is 1.50 bits per heavy atom. The van der Waals surface area contributed by atoms with Crippen molar-refractivity contribution in [3.05, 3.63) is 23.8 Å². The number of carbonyl (C=O) groups is 1. The molecule has 0 aliphatic carbocycles. The Hall–Kier alpha value is -1.75. The van der Waals surface area contributed by atoms with Crippen LogP contribution in [0.3, 0.4) is 0 Å². The van der Waals surface area contributed by atoms with Gasteiger partial charge in [0.25, 0.3) is 5.91 Å². The summed E-state index contributed by atoms with van der Waals surface area (Å²) in [6.07, 6.45) is 0.483. The van der Waals surface area contributed by atoms with Gasteiger partial charge in [0.1, 0.15) is 0 Å². The standard InChI is InChI=1S/C11H15NO4/c1-16-9-5-2-4-8(10(9)14)11(15)12-6-3-7-13/h2,4-5,13-14H,3,6-7H2,1H3,(H,12,15). The van der Waals surface area contributed by atoms with Crippen LogP contribution in [0.25, 0.3) is 0 Å². The van der Waals surface area contributed by atoms with Crippen molar-refractivity contribution in [3.8, 4) is 11.5 Å². The highest BCUT2D eigenvalue weighted by molar-refractivity contribution is 5.97. The van der Waals surface area contributed by atoms with Gasteiger partial charge in [-0.25, -0.2) is 0 Å². The fourth-order valence-corrected chi connectivity index (χ4v) is 1.25. The lowest BCUT2D eigenvalue weighted by atomic mass is 10.1. The number of rotatable bonds is 5. The number of ether oxygens (including phenoxy) is 1. The number of amides is 1. The van der Waals surface area contributed by atoms with Gasteiger partial charge in [-0.05, 0) is 18.6 Å². The van der Waals surface area contributed by atoms with Gasteiger partial charge in [-0.2, -0.15) is 0 Å². The first-order valence-corrected chi connectivity index (χ1v) is 4.95. The van der Waals surface area contributed by atoms with Gasteiger partial charge in [-0.3, -0.25) is 4.79 Å². The Kier molecular flexibility index (Phi) is 4.60. The zero-order valence-electron chi connectivity index (χ0n) is 9.06. The van der Waals surface area contributed by atoms with E-state index in [2.05, 4.69) is 5.32 Å². The van der Waals surface area contributed by atoms with Crippen molar-refractivity contribution < 1.29 is 19.7 Å². The Balaban J connectivity index is 2.75. The Morgan fingerprint density at radius 3 is 2.88 bits per heavy atom. The van der Waals surface area contributed by atoms with Crippen LogP contribution in [0, 0.1) is 0 Å². The number of aliphatic hydroxyl groups is 1. The van der Waals surface area contributed by atoms with Crippen LogP contribution >= 0.6 is 0 Å². The molecule has 1 rings (SSSR count). The molecule has 0 aromatic heterocycles. The molecule has 0 aliphatic rings. The number of methoxy groups -OCH3 is 1. The maximum atomic E-state index is 11.6. The molecule has 0 heterocycles. The first kappa shape index (κ1) is 12.3. The largest absolute Gasteiger partial charge is 0.504 e. The molecule has 0 saturated heterocycles. The highest BCUT2D eigenvalue weighted by atomic mass is 16.5. The number of phenolic OH excluding ortho intramolecular Hbond substituents is 1. The second-order valence-corrected chi connectivity index (χ2v) is 3.19. The summed E-state index contributed by atoms with van der Waals surface area (Å²) in [6.45, 7) is 0.385. The average Bonchev–Trinajstić information content (AvgIpc) is 2.29. The minimum absolute atomic E-state index is 0.0182. The Labute approximate surface area is 93.7 Å².